The van der Waals surface area contributed by atoms with Crippen molar-refractivity contribution in [3.05, 3.63) is 183 Å². The van der Waals surface area contributed by atoms with Crippen LogP contribution in [-0.4, -0.2) is 83.2 Å². The van der Waals surface area contributed by atoms with Gasteiger partial charge in [-0.05, 0) is 129 Å². The summed E-state index contributed by atoms with van der Waals surface area (Å²) in [6.07, 6.45) is 7.72. The smallest absolute Gasteiger partial charge is 0.269 e. The minimum atomic E-state index is -0.583. The molecule has 19 heteroatoms. The first-order chi connectivity index (χ1) is 36.8. The standard InChI is InChI=1S/C23H19FN6O.C17H16FN3O.C8H19N.C6H4ClN3.C4H10O/c1-2-16(28-18-11-12-25-21-20(18)26-13-27-21)22-29-17-10-6-9-15(24)19(17)23(31)30(22)14-7-4-3-5-8-14;1-2-13(19)16-20-14-10-6-9-12(18)15(14)17(22)21(16)11-7-4-3-5-8-11;1-6-9(7(2)3)8(4)5;7-4-1-2-8-6-5(4)9-3-10-6;1-4(2,3)5/h3-13,16H,2H2,1H3,(H2,25,26,27,28);3-10,13H,2,19H2,1H3;7-8H,6H2,1-5H3;1-3H,(H,8,9,10);5H,1-3H3/t16-;13-;;;/m00.../s1. The van der Waals surface area contributed by atoms with Gasteiger partial charge in [0, 0.05) is 24.5 Å². The zero-order valence-corrected chi connectivity index (χ0v) is 45.9. The third kappa shape index (κ3) is 14.8. The number of H-pyrrole nitrogens is 2. The number of para-hydroxylation sites is 2. The Labute approximate surface area is 451 Å². The van der Waals surface area contributed by atoms with Crippen LogP contribution in [0.2, 0.25) is 5.02 Å². The van der Waals surface area contributed by atoms with E-state index in [1.165, 1.54) is 27.3 Å². The largest absolute Gasteiger partial charge is 0.391 e. The van der Waals surface area contributed by atoms with E-state index < -0.39 is 34.4 Å². The van der Waals surface area contributed by atoms with E-state index in [1.807, 2.05) is 68.4 Å². The molecule has 0 aliphatic rings. The van der Waals surface area contributed by atoms with E-state index in [9.17, 15) is 18.4 Å². The number of aliphatic hydroxyl groups is 1. The summed E-state index contributed by atoms with van der Waals surface area (Å²) >= 11 is 5.79. The van der Waals surface area contributed by atoms with Gasteiger partial charge >= 0.3 is 0 Å². The number of pyridine rings is 2. The molecule has 0 unspecified atom stereocenters. The highest BCUT2D eigenvalue weighted by Gasteiger charge is 2.23. The van der Waals surface area contributed by atoms with Crippen molar-refractivity contribution in [2.45, 2.75) is 112 Å². The summed E-state index contributed by atoms with van der Waals surface area (Å²) in [7, 11) is 0. The lowest BCUT2D eigenvalue weighted by Crippen LogP contribution is -2.36. The summed E-state index contributed by atoms with van der Waals surface area (Å²) in [4.78, 5) is 60.2. The molecule has 10 aromatic rings. The highest BCUT2D eigenvalue weighted by atomic mass is 35.5. The van der Waals surface area contributed by atoms with E-state index in [2.05, 4.69) is 79.7 Å². The second-order valence-electron chi connectivity index (χ2n) is 19.3. The fourth-order valence-corrected chi connectivity index (χ4v) is 8.58. The van der Waals surface area contributed by atoms with Gasteiger partial charge in [-0.2, -0.15) is 0 Å². The average Bonchev–Trinajstić information content (AvgIpc) is 4.12. The van der Waals surface area contributed by atoms with E-state index in [4.69, 9.17) is 27.4 Å². The van der Waals surface area contributed by atoms with Crippen LogP contribution in [0.5, 0.6) is 0 Å². The van der Waals surface area contributed by atoms with Crippen LogP contribution in [0, 0.1) is 11.6 Å². The average molecular weight is 1070 g/mol. The third-order valence-electron chi connectivity index (χ3n) is 11.9. The molecule has 0 amide bonds. The van der Waals surface area contributed by atoms with E-state index in [-0.39, 0.29) is 16.8 Å². The summed E-state index contributed by atoms with van der Waals surface area (Å²) in [5.74, 6) is -0.213. The Hall–Kier alpha value is -7.77. The Kier molecular flexibility index (Phi) is 20.4. The van der Waals surface area contributed by atoms with Crippen molar-refractivity contribution in [2.75, 3.05) is 11.9 Å². The number of hydrogen-bond acceptors (Lipinski definition) is 12. The number of halogens is 3. The van der Waals surface area contributed by atoms with Crippen LogP contribution in [-0.2, 0) is 0 Å². The van der Waals surface area contributed by atoms with Crippen molar-refractivity contribution in [1.82, 2.24) is 53.9 Å². The first-order valence-electron chi connectivity index (χ1n) is 25.5. The third-order valence-corrected chi connectivity index (χ3v) is 12.2. The molecular formula is C58H68ClF2N13O3. The molecular weight excluding hydrogens is 1000 g/mol. The minimum Gasteiger partial charge on any atom is -0.391 e. The Morgan fingerprint density at radius 2 is 1.10 bits per heavy atom. The first kappa shape index (κ1) is 58.5. The highest BCUT2D eigenvalue weighted by molar-refractivity contribution is 6.34. The van der Waals surface area contributed by atoms with E-state index in [0.717, 1.165) is 23.3 Å². The van der Waals surface area contributed by atoms with Gasteiger partial charge < -0.3 is 26.1 Å². The molecule has 6 heterocycles. The molecule has 4 aromatic carbocycles. The van der Waals surface area contributed by atoms with Crippen LogP contribution < -0.4 is 22.2 Å². The lowest BCUT2D eigenvalue weighted by atomic mass is 10.1. The maximum absolute atomic E-state index is 14.6. The number of imidazole rings is 2. The van der Waals surface area contributed by atoms with Gasteiger partial charge in [0.15, 0.2) is 11.3 Å². The van der Waals surface area contributed by atoms with Gasteiger partial charge in [-0.1, -0.05) is 80.9 Å². The molecule has 0 saturated heterocycles. The molecule has 0 fully saturated rings. The van der Waals surface area contributed by atoms with Crippen LogP contribution >= 0.6 is 11.6 Å². The number of hydrogen-bond donors (Lipinski definition) is 5. The zero-order valence-electron chi connectivity index (χ0n) is 45.1. The maximum atomic E-state index is 14.6. The molecule has 77 heavy (non-hydrogen) atoms. The lowest BCUT2D eigenvalue weighted by Gasteiger charge is -2.28. The number of nitrogens with two attached hydrogens (primary N) is 1. The van der Waals surface area contributed by atoms with E-state index in [1.54, 1.807) is 82.2 Å². The van der Waals surface area contributed by atoms with Gasteiger partial charge in [0.25, 0.3) is 11.1 Å². The zero-order chi connectivity index (χ0) is 56.0. The number of rotatable bonds is 11. The summed E-state index contributed by atoms with van der Waals surface area (Å²) < 4.78 is 31.5. The van der Waals surface area contributed by atoms with E-state index >= 15 is 0 Å². The molecule has 6 N–H and O–H groups in total. The van der Waals surface area contributed by atoms with Crippen LogP contribution in [0.4, 0.5) is 14.5 Å². The quantitative estimate of drug-likeness (QED) is 0.0818. The Morgan fingerprint density at radius 3 is 1.55 bits per heavy atom. The molecule has 0 radical (unpaired) electrons. The molecule has 0 saturated carbocycles. The Morgan fingerprint density at radius 1 is 0.649 bits per heavy atom. The van der Waals surface area contributed by atoms with Crippen molar-refractivity contribution in [2.24, 2.45) is 5.73 Å². The van der Waals surface area contributed by atoms with Gasteiger partial charge in [0.2, 0.25) is 0 Å². The molecule has 16 nitrogen and oxygen atoms in total. The second kappa shape index (κ2) is 26.8. The Bertz CT molecular complexity index is 3600. The fraction of sp³-hybridized carbons (Fsp3) is 0.310. The number of benzene rings is 4. The van der Waals surface area contributed by atoms with Gasteiger partial charge in [0.05, 0.1) is 63.5 Å². The normalized spacial score (nSPS) is 12.1. The predicted octanol–water partition coefficient (Wildman–Crippen LogP) is 11.8. The number of nitrogens with zero attached hydrogens (tertiary/aromatic N) is 9. The highest BCUT2D eigenvalue weighted by Crippen LogP contribution is 2.28. The number of aromatic nitrogens is 10. The van der Waals surface area contributed by atoms with Gasteiger partial charge in [-0.15, -0.1) is 0 Å². The molecule has 2 atom stereocenters. The number of nitrogens with one attached hydrogen (secondary N) is 3. The maximum Gasteiger partial charge on any atom is 0.269 e. The second-order valence-corrected chi connectivity index (χ2v) is 19.7. The van der Waals surface area contributed by atoms with Crippen LogP contribution in [0.15, 0.2) is 144 Å². The van der Waals surface area contributed by atoms with Crippen molar-refractivity contribution >= 4 is 61.4 Å². The molecule has 10 rings (SSSR count). The molecule has 6 aromatic heterocycles. The summed E-state index contributed by atoms with van der Waals surface area (Å²) in [6.45, 7) is 21.5. The van der Waals surface area contributed by atoms with E-state index in [0.29, 0.717) is 75.3 Å². The summed E-state index contributed by atoms with van der Waals surface area (Å²) in [6, 6.07) is 31.3. The lowest BCUT2D eigenvalue weighted by molar-refractivity contribution is 0.102. The molecule has 0 aliphatic carbocycles. The minimum absolute atomic E-state index is 0.0154. The van der Waals surface area contributed by atoms with Gasteiger partial charge in [-0.25, -0.2) is 38.7 Å². The van der Waals surface area contributed by atoms with Gasteiger partial charge in [-0.3, -0.25) is 23.6 Å². The Balaban J connectivity index is 0.000000180. The van der Waals surface area contributed by atoms with Crippen LogP contribution in [0.25, 0.3) is 55.5 Å². The summed E-state index contributed by atoms with van der Waals surface area (Å²) in [5, 5.41) is 12.6. The van der Waals surface area contributed by atoms with Crippen LogP contribution in [0.1, 0.15) is 106 Å². The van der Waals surface area contributed by atoms with Crippen molar-refractivity contribution in [3.8, 4) is 11.4 Å². The fourth-order valence-electron chi connectivity index (χ4n) is 8.38. The molecule has 404 valence electrons. The molecule has 0 aliphatic heterocycles. The first-order valence-corrected chi connectivity index (χ1v) is 25.9. The predicted molar refractivity (Wildman–Crippen MR) is 306 cm³/mol. The monoisotopic (exact) mass is 1070 g/mol. The SMILES string of the molecule is CC(C)(C)O.CCN(C(C)C)C(C)C.CC[C@H](N)c1nc2cccc(F)c2c(=O)n1-c1ccccc1.CC[C@H](Nc1ccnc2nc[nH]c12)c1nc2cccc(F)c2c(=O)n1-c1ccccc1.Clc1ccnc2nc[nH]c12. The van der Waals surface area contributed by atoms with Crippen molar-refractivity contribution < 1.29 is 13.9 Å². The number of fused-ring (bicyclic) bond motifs is 4. The molecule has 0 bridgehead atoms. The number of aromatic amines is 2. The topological polar surface area (TPSA) is 214 Å². The number of anilines is 1. The molecule has 0 spiro atoms. The van der Waals surface area contributed by atoms with Crippen molar-refractivity contribution in [3.63, 3.8) is 0 Å². The van der Waals surface area contributed by atoms with Crippen LogP contribution in [0.3, 0.4) is 0 Å². The van der Waals surface area contributed by atoms with Gasteiger partial charge in [0.1, 0.15) is 45.1 Å². The summed E-state index contributed by atoms with van der Waals surface area (Å²) in [5.41, 5.74) is 10.3. The van der Waals surface area contributed by atoms with Crippen molar-refractivity contribution in [1.29, 1.82) is 0 Å².